The third-order valence-electron chi connectivity index (χ3n) is 4.20. The summed E-state index contributed by atoms with van der Waals surface area (Å²) in [6, 6.07) is 9.67. The van der Waals surface area contributed by atoms with Crippen LogP contribution in [0.15, 0.2) is 40.8 Å². The monoisotopic (exact) mass is 355 g/mol. The van der Waals surface area contributed by atoms with E-state index < -0.39 is 10.0 Å². The lowest BCUT2D eigenvalue weighted by atomic mass is 10.0. The van der Waals surface area contributed by atoms with Crippen LogP contribution in [0.2, 0.25) is 0 Å². The van der Waals surface area contributed by atoms with E-state index in [1.807, 2.05) is 6.92 Å². The van der Waals surface area contributed by atoms with E-state index in [1.54, 1.807) is 24.3 Å². The van der Waals surface area contributed by atoms with Crippen LogP contribution in [0.5, 0.6) is 0 Å². The maximum absolute atomic E-state index is 12.9. The molecule has 132 valence electrons. The lowest BCUT2D eigenvalue weighted by Gasteiger charge is -2.17. The van der Waals surface area contributed by atoms with Gasteiger partial charge in [0.25, 0.3) is 10.0 Å². The molecule has 3 nitrogen and oxygen atoms in total. The van der Waals surface area contributed by atoms with E-state index in [0.717, 1.165) is 30.4 Å². The second-order valence-corrected chi connectivity index (χ2v) is 8.13. The van der Waals surface area contributed by atoms with Crippen LogP contribution in [0.1, 0.15) is 50.5 Å². The summed E-state index contributed by atoms with van der Waals surface area (Å²) < 4.78 is 27.0. The van der Waals surface area contributed by atoms with E-state index in [-0.39, 0.29) is 11.4 Å². The molecule has 0 unspecified atom stereocenters. The average Bonchev–Trinajstić information content (AvgIpc) is 2.56. The number of hydrogen-bond acceptors (Lipinski definition) is 2. The van der Waals surface area contributed by atoms with Gasteiger partial charge in [0, 0.05) is 12.5 Å². The zero-order valence-corrected chi connectivity index (χ0v) is 15.6. The Morgan fingerprint density at radius 1 is 1.12 bits per heavy atom. The SMILES string of the molecule is C#CCCN(C#C/C1=C/CCCCCC1)S(=O)(=O)c1ccc(C)cc1. The third kappa shape index (κ3) is 5.69. The minimum atomic E-state index is -3.67. The lowest BCUT2D eigenvalue weighted by molar-refractivity contribution is 0.516. The number of terminal acetylenes is 1. The summed E-state index contributed by atoms with van der Waals surface area (Å²) in [7, 11) is -3.67. The number of benzene rings is 1. The van der Waals surface area contributed by atoms with Gasteiger partial charge in [-0.3, -0.25) is 0 Å². The van der Waals surface area contributed by atoms with Crippen molar-refractivity contribution >= 4 is 10.0 Å². The van der Waals surface area contributed by atoms with Gasteiger partial charge in [-0.05, 0) is 56.2 Å². The topological polar surface area (TPSA) is 37.4 Å². The van der Waals surface area contributed by atoms with Gasteiger partial charge < -0.3 is 0 Å². The maximum atomic E-state index is 12.9. The van der Waals surface area contributed by atoms with Crippen molar-refractivity contribution in [3.63, 3.8) is 0 Å². The second kappa shape index (κ2) is 9.35. The highest BCUT2D eigenvalue weighted by Gasteiger charge is 2.21. The highest BCUT2D eigenvalue weighted by molar-refractivity contribution is 7.89. The number of sulfonamides is 1. The molecule has 25 heavy (non-hydrogen) atoms. The molecule has 0 amide bonds. The highest BCUT2D eigenvalue weighted by atomic mass is 32.2. The Hall–Kier alpha value is -2.17. The largest absolute Gasteiger partial charge is 0.271 e. The van der Waals surface area contributed by atoms with Gasteiger partial charge in [-0.2, -0.15) is 0 Å². The lowest BCUT2D eigenvalue weighted by Crippen LogP contribution is -2.27. The smallest absolute Gasteiger partial charge is 0.223 e. The van der Waals surface area contributed by atoms with Crippen LogP contribution >= 0.6 is 0 Å². The third-order valence-corrected chi connectivity index (χ3v) is 5.92. The van der Waals surface area contributed by atoms with Crippen LogP contribution in [-0.4, -0.2) is 19.3 Å². The van der Waals surface area contributed by atoms with Gasteiger partial charge >= 0.3 is 0 Å². The standard InChI is InChI=1S/C21H25NO2S/c1-3-4-17-22(18-16-20-10-8-6-5-7-9-11-20)25(23,24)21-14-12-19(2)13-15-21/h1,10,12-15H,4-9,11,17H2,2H3/b20-10+. The molecule has 0 saturated heterocycles. The van der Waals surface area contributed by atoms with Gasteiger partial charge in [-0.1, -0.05) is 36.6 Å². The molecule has 0 saturated carbocycles. The minimum absolute atomic E-state index is 0.201. The van der Waals surface area contributed by atoms with E-state index >= 15 is 0 Å². The second-order valence-electron chi connectivity index (χ2n) is 6.26. The quantitative estimate of drug-likeness (QED) is 0.598. The van der Waals surface area contributed by atoms with Crippen molar-refractivity contribution in [1.82, 2.24) is 4.31 Å². The van der Waals surface area contributed by atoms with Gasteiger partial charge in [-0.25, -0.2) is 12.7 Å². The number of allylic oxidation sites excluding steroid dienone is 2. The van der Waals surface area contributed by atoms with Crippen molar-refractivity contribution in [2.75, 3.05) is 6.54 Å². The van der Waals surface area contributed by atoms with E-state index in [0.29, 0.717) is 6.42 Å². The van der Waals surface area contributed by atoms with Gasteiger partial charge in [0.1, 0.15) is 0 Å². The Bertz CT molecular complexity index is 802. The van der Waals surface area contributed by atoms with Crippen LogP contribution < -0.4 is 0 Å². The first-order valence-electron chi connectivity index (χ1n) is 8.77. The van der Waals surface area contributed by atoms with Gasteiger partial charge in [0.05, 0.1) is 11.4 Å². The summed E-state index contributed by atoms with van der Waals surface area (Å²) in [5.74, 6) is 5.57. The fourth-order valence-electron chi connectivity index (χ4n) is 2.68. The molecule has 0 spiro atoms. The van der Waals surface area contributed by atoms with E-state index in [9.17, 15) is 8.42 Å². The molecule has 1 aromatic carbocycles. The number of nitrogens with zero attached hydrogens (tertiary/aromatic N) is 1. The molecule has 2 rings (SSSR count). The van der Waals surface area contributed by atoms with Crippen molar-refractivity contribution in [3.8, 4) is 24.3 Å². The molecule has 0 radical (unpaired) electrons. The fraction of sp³-hybridized carbons (Fsp3) is 0.429. The van der Waals surface area contributed by atoms with E-state index in [1.165, 1.54) is 23.6 Å². The Labute approximate surface area is 152 Å². The molecule has 0 bridgehead atoms. The highest BCUT2D eigenvalue weighted by Crippen LogP contribution is 2.18. The molecule has 4 heteroatoms. The number of rotatable bonds is 4. The predicted molar refractivity (Wildman–Crippen MR) is 102 cm³/mol. The van der Waals surface area contributed by atoms with Crippen LogP contribution in [-0.2, 0) is 10.0 Å². The summed E-state index contributed by atoms with van der Waals surface area (Å²) in [5, 5.41) is 0. The van der Waals surface area contributed by atoms with Crippen LogP contribution in [0, 0.1) is 31.2 Å². The zero-order chi connectivity index (χ0) is 18.1. The van der Waals surface area contributed by atoms with Crippen molar-refractivity contribution in [2.24, 2.45) is 0 Å². The zero-order valence-electron chi connectivity index (χ0n) is 14.8. The maximum Gasteiger partial charge on any atom is 0.271 e. The van der Waals surface area contributed by atoms with Gasteiger partial charge in [0.15, 0.2) is 0 Å². The average molecular weight is 356 g/mol. The molecule has 0 N–H and O–H groups in total. The van der Waals surface area contributed by atoms with E-state index in [4.69, 9.17) is 6.42 Å². The Balaban J connectivity index is 2.28. The summed E-state index contributed by atoms with van der Waals surface area (Å²) in [5.41, 5.74) is 2.05. The molecule has 1 aliphatic rings. The van der Waals surface area contributed by atoms with Crippen molar-refractivity contribution < 1.29 is 8.42 Å². The Kier molecular flexibility index (Phi) is 7.16. The number of hydrogen-bond donors (Lipinski definition) is 0. The Morgan fingerprint density at radius 2 is 1.84 bits per heavy atom. The van der Waals surface area contributed by atoms with Gasteiger partial charge in [-0.15, -0.1) is 12.3 Å². The van der Waals surface area contributed by atoms with Gasteiger partial charge in [0.2, 0.25) is 0 Å². The molecule has 0 fully saturated rings. The Morgan fingerprint density at radius 3 is 2.56 bits per heavy atom. The molecule has 0 aromatic heterocycles. The normalized spacial score (nSPS) is 17.0. The first-order chi connectivity index (χ1) is 12.0. The van der Waals surface area contributed by atoms with Crippen LogP contribution in [0.4, 0.5) is 0 Å². The molecule has 0 heterocycles. The fourth-order valence-corrected chi connectivity index (χ4v) is 3.91. The van der Waals surface area contributed by atoms with Crippen LogP contribution in [0.25, 0.3) is 0 Å². The minimum Gasteiger partial charge on any atom is -0.223 e. The first-order valence-corrected chi connectivity index (χ1v) is 10.2. The molecular formula is C21H25NO2S. The molecule has 0 aliphatic heterocycles. The molecule has 1 aromatic rings. The molecule has 0 atom stereocenters. The van der Waals surface area contributed by atoms with E-state index in [2.05, 4.69) is 24.0 Å². The number of aryl methyl sites for hydroxylation is 1. The van der Waals surface area contributed by atoms with Crippen molar-refractivity contribution in [1.29, 1.82) is 0 Å². The first kappa shape index (κ1) is 19.2. The summed E-state index contributed by atoms with van der Waals surface area (Å²) in [6.45, 7) is 2.13. The van der Waals surface area contributed by atoms with Crippen LogP contribution in [0.3, 0.4) is 0 Å². The van der Waals surface area contributed by atoms with Crippen molar-refractivity contribution in [3.05, 3.63) is 41.5 Å². The van der Waals surface area contributed by atoms with Crippen molar-refractivity contribution in [2.45, 2.75) is 56.8 Å². The molecular weight excluding hydrogens is 330 g/mol. The summed E-state index contributed by atoms with van der Waals surface area (Å²) >= 11 is 0. The molecule has 1 aliphatic carbocycles. The summed E-state index contributed by atoms with van der Waals surface area (Å²) in [4.78, 5) is 0.246. The predicted octanol–water partition coefficient (Wildman–Crippen LogP) is 4.25. The summed E-state index contributed by atoms with van der Waals surface area (Å²) in [6.07, 6.45) is 14.5.